The lowest BCUT2D eigenvalue weighted by molar-refractivity contribution is 0.0749. The summed E-state index contributed by atoms with van der Waals surface area (Å²) in [6.45, 7) is 3.92. The molecule has 0 unspecified atom stereocenters. The standard InChI is InChI=1S/C24H26N2O4/c1-25(17-19-7-5-6-10-22(19)26-12-15-28-16-13-26)24(27)23-20(11-14-29-23)18-30-21-8-3-2-4-9-21/h2-11,14H,12-13,15-18H2,1H3. The van der Waals surface area contributed by atoms with Crippen LogP contribution in [0.15, 0.2) is 71.3 Å². The van der Waals surface area contributed by atoms with Crippen LogP contribution in [0.3, 0.4) is 0 Å². The Labute approximate surface area is 176 Å². The molecule has 0 atom stereocenters. The Balaban J connectivity index is 1.44. The van der Waals surface area contributed by atoms with E-state index >= 15 is 0 Å². The molecular formula is C24H26N2O4. The number of carbonyl (C=O) groups is 1. The highest BCUT2D eigenvalue weighted by atomic mass is 16.5. The van der Waals surface area contributed by atoms with Crippen molar-refractivity contribution in [3.8, 4) is 5.75 Å². The number of furan rings is 1. The van der Waals surface area contributed by atoms with Crippen LogP contribution in [0, 0.1) is 0 Å². The summed E-state index contributed by atoms with van der Waals surface area (Å²) < 4.78 is 16.8. The predicted molar refractivity (Wildman–Crippen MR) is 115 cm³/mol. The molecule has 1 aliphatic rings. The van der Waals surface area contributed by atoms with E-state index in [4.69, 9.17) is 13.9 Å². The second-order valence-electron chi connectivity index (χ2n) is 7.27. The Hall–Kier alpha value is -3.25. The highest BCUT2D eigenvalue weighted by Gasteiger charge is 2.22. The molecule has 1 aliphatic heterocycles. The molecule has 2 aromatic carbocycles. The number of hydrogen-bond donors (Lipinski definition) is 0. The van der Waals surface area contributed by atoms with Gasteiger partial charge < -0.3 is 23.7 Å². The highest BCUT2D eigenvalue weighted by Crippen LogP contribution is 2.24. The third-order valence-electron chi connectivity index (χ3n) is 5.18. The number of benzene rings is 2. The number of hydrogen-bond acceptors (Lipinski definition) is 5. The van der Waals surface area contributed by atoms with Crippen LogP contribution in [0.25, 0.3) is 0 Å². The quantitative estimate of drug-likeness (QED) is 0.594. The minimum Gasteiger partial charge on any atom is -0.489 e. The molecule has 3 aromatic rings. The molecule has 0 radical (unpaired) electrons. The van der Waals surface area contributed by atoms with Crippen molar-refractivity contribution in [3.63, 3.8) is 0 Å². The van der Waals surface area contributed by atoms with Gasteiger partial charge in [-0.05, 0) is 29.8 Å². The topological polar surface area (TPSA) is 55.2 Å². The SMILES string of the molecule is CN(Cc1ccccc1N1CCOCC1)C(=O)c1occc1COc1ccccc1. The molecule has 0 N–H and O–H groups in total. The first-order chi connectivity index (χ1) is 14.7. The molecule has 2 heterocycles. The van der Waals surface area contributed by atoms with Crippen molar-refractivity contribution in [2.75, 3.05) is 38.3 Å². The van der Waals surface area contributed by atoms with Crippen molar-refractivity contribution in [2.45, 2.75) is 13.2 Å². The largest absolute Gasteiger partial charge is 0.489 e. The molecule has 30 heavy (non-hydrogen) atoms. The number of ether oxygens (including phenoxy) is 2. The van der Waals surface area contributed by atoms with Gasteiger partial charge in [-0.3, -0.25) is 4.79 Å². The van der Waals surface area contributed by atoms with Crippen molar-refractivity contribution in [1.29, 1.82) is 0 Å². The maximum absolute atomic E-state index is 13.1. The van der Waals surface area contributed by atoms with Gasteiger partial charge in [0.2, 0.25) is 0 Å². The number of carbonyl (C=O) groups excluding carboxylic acids is 1. The summed E-state index contributed by atoms with van der Waals surface area (Å²) in [4.78, 5) is 17.1. The second kappa shape index (κ2) is 9.50. The van der Waals surface area contributed by atoms with Gasteiger partial charge >= 0.3 is 0 Å². The molecule has 1 saturated heterocycles. The van der Waals surface area contributed by atoms with Crippen molar-refractivity contribution in [1.82, 2.24) is 4.90 Å². The molecule has 156 valence electrons. The summed E-state index contributed by atoms with van der Waals surface area (Å²) in [5.41, 5.74) is 2.98. The molecule has 0 aliphatic carbocycles. The zero-order chi connectivity index (χ0) is 20.8. The van der Waals surface area contributed by atoms with E-state index in [1.807, 2.05) is 42.5 Å². The number of anilines is 1. The van der Waals surface area contributed by atoms with E-state index in [1.54, 1.807) is 18.0 Å². The van der Waals surface area contributed by atoms with Gasteiger partial charge in [-0.25, -0.2) is 0 Å². The Bertz CT molecular complexity index is 964. The first-order valence-electron chi connectivity index (χ1n) is 10.1. The van der Waals surface area contributed by atoms with E-state index in [-0.39, 0.29) is 12.5 Å². The van der Waals surface area contributed by atoms with E-state index in [0.29, 0.717) is 12.3 Å². The molecular weight excluding hydrogens is 380 g/mol. The summed E-state index contributed by atoms with van der Waals surface area (Å²) in [5.74, 6) is 0.908. The highest BCUT2D eigenvalue weighted by molar-refractivity contribution is 5.92. The van der Waals surface area contributed by atoms with Crippen LogP contribution in [0.4, 0.5) is 5.69 Å². The Morgan fingerprint density at radius 2 is 1.73 bits per heavy atom. The summed E-state index contributed by atoms with van der Waals surface area (Å²) >= 11 is 0. The Kier molecular flexibility index (Phi) is 6.35. The summed E-state index contributed by atoms with van der Waals surface area (Å²) in [5, 5.41) is 0. The van der Waals surface area contributed by atoms with Crippen LogP contribution in [-0.2, 0) is 17.9 Å². The third kappa shape index (κ3) is 4.66. The zero-order valence-electron chi connectivity index (χ0n) is 17.1. The first-order valence-corrected chi connectivity index (χ1v) is 10.1. The molecule has 0 spiro atoms. The second-order valence-corrected chi connectivity index (χ2v) is 7.27. The summed E-state index contributed by atoms with van der Waals surface area (Å²) in [6, 6.07) is 19.5. The van der Waals surface area contributed by atoms with Crippen molar-refractivity contribution < 1.29 is 18.7 Å². The zero-order valence-corrected chi connectivity index (χ0v) is 17.1. The van der Waals surface area contributed by atoms with Gasteiger partial charge in [-0.1, -0.05) is 36.4 Å². The van der Waals surface area contributed by atoms with Crippen LogP contribution in [-0.4, -0.2) is 44.2 Å². The van der Waals surface area contributed by atoms with E-state index in [0.717, 1.165) is 48.9 Å². The van der Waals surface area contributed by atoms with E-state index < -0.39 is 0 Å². The van der Waals surface area contributed by atoms with Gasteiger partial charge in [0.1, 0.15) is 12.4 Å². The number of amides is 1. The van der Waals surface area contributed by atoms with Gasteiger partial charge in [-0.15, -0.1) is 0 Å². The van der Waals surface area contributed by atoms with Crippen molar-refractivity contribution >= 4 is 11.6 Å². The number of nitrogens with zero attached hydrogens (tertiary/aromatic N) is 2. The molecule has 0 saturated carbocycles. The predicted octanol–water partition coefficient (Wildman–Crippen LogP) is 3.97. The molecule has 1 fully saturated rings. The lowest BCUT2D eigenvalue weighted by Crippen LogP contribution is -2.37. The normalized spacial score (nSPS) is 13.8. The lowest BCUT2D eigenvalue weighted by atomic mass is 10.1. The monoisotopic (exact) mass is 406 g/mol. The van der Waals surface area contributed by atoms with E-state index in [2.05, 4.69) is 17.0 Å². The molecule has 6 nitrogen and oxygen atoms in total. The average Bonchev–Trinajstić information content (AvgIpc) is 3.27. The molecule has 0 bridgehead atoms. The minimum absolute atomic E-state index is 0.163. The maximum Gasteiger partial charge on any atom is 0.290 e. The fraction of sp³-hybridized carbons (Fsp3) is 0.292. The van der Waals surface area contributed by atoms with Crippen LogP contribution < -0.4 is 9.64 Å². The van der Waals surface area contributed by atoms with Crippen LogP contribution in [0.5, 0.6) is 5.75 Å². The van der Waals surface area contributed by atoms with Crippen LogP contribution in [0.1, 0.15) is 21.7 Å². The Morgan fingerprint density at radius 1 is 1.00 bits per heavy atom. The number of morpholine rings is 1. The van der Waals surface area contributed by atoms with E-state index in [1.165, 1.54) is 6.26 Å². The third-order valence-corrected chi connectivity index (χ3v) is 5.18. The summed E-state index contributed by atoms with van der Waals surface area (Å²) in [6.07, 6.45) is 1.53. The maximum atomic E-state index is 13.1. The fourth-order valence-corrected chi connectivity index (χ4v) is 3.57. The first kappa shape index (κ1) is 20.0. The van der Waals surface area contributed by atoms with Gasteiger partial charge in [0, 0.05) is 37.9 Å². The smallest absolute Gasteiger partial charge is 0.290 e. The van der Waals surface area contributed by atoms with Gasteiger partial charge in [0.15, 0.2) is 5.76 Å². The molecule has 4 rings (SSSR count). The van der Waals surface area contributed by atoms with E-state index in [9.17, 15) is 4.79 Å². The van der Waals surface area contributed by atoms with Crippen LogP contribution >= 0.6 is 0 Å². The minimum atomic E-state index is -0.163. The number of rotatable bonds is 7. The van der Waals surface area contributed by atoms with Gasteiger partial charge in [0.05, 0.1) is 19.5 Å². The summed E-state index contributed by atoms with van der Waals surface area (Å²) in [7, 11) is 1.79. The van der Waals surface area contributed by atoms with Crippen molar-refractivity contribution in [2.24, 2.45) is 0 Å². The van der Waals surface area contributed by atoms with Gasteiger partial charge in [0.25, 0.3) is 5.91 Å². The molecule has 6 heteroatoms. The molecule has 1 amide bonds. The van der Waals surface area contributed by atoms with Crippen LogP contribution in [0.2, 0.25) is 0 Å². The van der Waals surface area contributed by atoms with Gasteiger partial charge in [-0.2, -0.15) is 0 Å². The fourth-order valence-electron chi connectivity index (χ4n) is 3.57. The van der Waals surface area contributed by atoms with Crippen molar-refractivity contribution in [3.05, 3.63) is 83.8 Å². The average molecular weight is 406 g/mol. The number of para-hydroxylation sites is 2. The Morgan fingerprint density at radius 3 is 2.53 bits per heavy atom. The lowest BCUT2D eigenvalue weighted by Gasteiger charge is -2.31. The molecule has 1 aromatic heterocycles.